The average Bonchev–Trinajstić information content (AvgIpc) is 3.27. The van der Waals surface area contributed by atoms with E-state index in [1.807, 2.05) is 66.8 Å². The number of hydrogen-bond acceptors (Lipinski definition) is 3. The molecule has 0 spiro atoms. The first kappa shape index (κ1) is 18.4. The largest absolute Gasteiger partial charge is 0.381 e. The normalized spacial score (nSPS) is 17.1. The zero-order valence-electron chi connectivity index (χ0n) is 15.8. The summed E-state index contributed by atoms with van der Waals surface area (Å²) in [5, 5.41) is 4.63. The SMILES string of the molecule is CCN(C[C@H]1CCOC1)C(=O)/C=C\c1c(C)nn(-c2ccccc2)c1C. The number of rotatable bonds is 6. The molecule has 0 unspecified atom stereocenters. The van der Waals surface area contributed by atoms with Gasteiger partial charge in [0.1, 0.15) is 0 Å². The van der Waals surface area contributed by atoms with E-state index in [0.29, 0.717) is 12.5 Å². The minimum Gasteiger partial charge on any atom is -0.381 e. The van der Waals surface area contributed by atoms with Gasteiger partial charge in [-0.2, -0.15) is 5.10 Å². The van der Waals surface area contributed by atoms with Crippen molar-refractivity contribution in [1.82, 2.24) is 14.7 Å². The van der Waals surface area contributed by atoms with Gasteiger partial charge in [-0.25, -0.2) is 4.68 Å². The second-order valence-electron chi connectivity index (χ2n) is 6.77. The summed E-state index contributed by atoms with van der Waals surface area (Å²) in [4.78, 5) is 14.5. The Morgan fingerprint density at radius 1 is 1.35 bits per heavy atom. The van der Waals surface area contributed by atoms with E-state index in [4.69, 9.17) is 4.74 Å². The average molecular weight is 353 g/mol. The molecule has 1 saturated heterocycles. The molecule has 138 valence electrons. The Bertz CT molecular complexity index is 774. The smallest absolute Gasteiger partial charge is 0.246 e. The molecule has 1 aliphatic rings. The maximum absolute atomic E-state index is 12.6. The molecule has 0 N–H and O–H groups in total. The Kier molecular flexibility index (Phi) is 5.89. The summed E-state index contributed by atoms with van der Waals surface area (Å²) in [5.41, 5.74) is 3.98. The number of hydrogen-bond donors (Lipinski definition) is 0. The number of aromatic nitrogens is 2. The van der Waals surface area contributed by atoms with E-state index in [-0.39, 0.29) is 5.91 Å². The first-order valence-electron chi connectivity index (χ1n) is 9.26. The molecule has 0 aliphatic carbocycles. The van der Waals surface area contributed by atoms with Crippen molar-refractivity contribution in [2.24, 2.45) is 5.92 Å². The molecule has 0 radical (unpaired) electrons. The highest BCUT2D eigenvalue weighted by Crippen LogP contribution is 2.19. The summed E-state index contributed by atoms with van der Waals surface area (Å²) >= 11 is 0. The van der Waals surface area contributed by atoms with Crippen molar-refractivity contribution in [2.45, 2.75) is 27.2 Å². The van der Waals surface area contributed by atoms with E-state index in [1.54, 1.807) is 6.08 Å². The Labute approximate surface area is 155 Å². The first-order chi connectivity index (χ1) is 12.6. The quantitative estimate of drug-likeness (QED) is 0.748. The minimum atomic E-state index is 0.0469. The third kappa shape index (κ3) is 4.05. The lowest BCUT2D eigenvalue weighted by atomic mass is 10.1. The number of carbonyl (C=O) groups is 1. The van der Waals surface area contributed by atoms with Crippen molar-refractivity contribution in [2.75, 3.05) is 26.3 Å². The van der Waals surface area contributed by atoms with Crippen molar-refractivity contribution in [3.8, 4) is 5.69 Å². The molecule has 26 heavy (non-hydrogen) atoms. The zero-order valence-corrected chi connectivity index (χ0v) is 15.8. The van der Waals surface area contributed by atoms with Crippen molar-refractivity contribution < 1.29 is 9.53 Å². The molecule has 0 bridgehead atoms. The van der Waals surface area contributed by atoms with Crippen LogP contribution in [-0.4, -0.2) is 46.9 Å². The lowest BCUT2D eigenvalue weighted by Gasteiger charge is -2.22. The fourth-order valence-corrected chi connectivity index (χ4v) is 3.39. The molecule has 1 aromatic carbocycles. The van der Waals surface area contributed by atoms with E-state index in [1.165, 1.54) is 0 Å². The maximum Gasteiger partial charge on any atom is 0.246 e. The van der Waals surface area contributed by atoms with Crippen LogP contribution >= 0.6 is 0 Å². The van der Waals surface area contributed by atoms with Crippen LogP contribution in [0.25, 0.3) is 11.8 Å². The predicted octanol–water partition coefficient (Wildman–Crippen LogP) is 3.39. The molecule has 1 aromatic heterocycles. The van der Waals surface area contributed by atoms with Gasteiger partial charge in [0.15, 0.2) is 0 Å². The third-order valence-electron chi connectivity index (χ3n) is 4.94. The molecule has 5 nitrogen and oxygen atoms in total. The Morgan fingerprint density at radius 3 is 2.77 bits per heavy atom. The molecular weight excluding hydrogens is 326 g/mol. The molecule has 1 amide bonds. The molecule has 2 heterocycles. The molecule has 5 heteroatoms. The summed E-state index contributed by atoms with van der Waals surface area (Å²) < 4.78 is 7.34. The number of benzene rings is 1. The first-order valence-corrected chi connectivity index (χ1v) is 9.26. The second kappa shape index (κ2) is 8.32. The van der Waals surface area contributed by atoms with Gasteiger partial charge in [0.25, 0.3) is 0 Å². The van der Waals surface area contributed by atoms with Crippen LogP contribution < -0.4 is 0 Å². The van der Waals surface area contributed by atoms with Crippen molar-refractivity contribution in [3.05, 3.63) is 53.4 Å². The molecule has 1 atom stereocenters. The number of aryl methyl sites for hydroxylation is 1. The summed E-state index contributed by atoms with van der Waals surface area (Å²) in [7, 11) is 0. The Balaban J connectivity index is 1.75. The Morgan fingerprint density at radius 2 is 2.12 bits per heavy atom. The van der Waals surface area contributed by atoms with Crippen LogP contribution in [0, 0.1) is 19.8 Å². The molecule has 0 saturated carbocycles. The maximum atomic E-state index is 12.6. The highest BCUT2D eigenvalue weighted by atomic mass is 16.5. The molecular formula is C21H27N3O2. The number of nitrogens with zero attached hydrogens (tertiary/aromatic N) is 3. The van der Waals surface area contributed by atoms with Gasteiger partial charge in [-0.3, -0.25) is 4.79 Å². The van der Waals surface area contributed by atoms with E-state index in [0.717, 1.165) is 48.8 Å². The van der Waals surface area contributed by atoms with E-state index in [9.17, 15) is 4.79 Å². The van der Waals surface area contributed by atoms with Gasteiger partial charge < -0.3 is 9.64 Å². The summed E-state index contributed by atoms with van der Waals surface area (Å²) in [5.74, 6) is 0.502. The summed E-state index contributed by atoms with van der Waals surface area (Å²) in [6, 6.07) is 10.0. The number of ether oxygens (including phenoxy) is 1. The van der Waals surface area contributed by atoms with E-state index < -0.39 is 0 Å². The van der Waals surface area contributed by atoms with Crippen LogP contribution in [0.1, 0.15) is 30.3 Å². The van der Waals surface area contributed by atoms with Crippen LogP contribution in [0.3, 0.4) is 0 Å². The van der Waals surface area contributed by atoms with E-state index in [2.05, 4.69) is 5.10 Å². The Hall–Kier alpha value is -2.40. The third-order valence-corrected chi connectivity index (χ3v) is 4.94. The van der Waals surface area contributed by atoms with Gasteiger partial charge in [-0.15, -0.1) is 0 Å². The number of likely N-dealkylation sites (N-methyl/N-ethyl adjacent to an activating group) is 1. The van der Waals surface area contributed by atoms with Crippen LogP contribution in [0.15, 0.2) is 36.4 Å². The van der Waals surface area contributed by atoms with Crippen LogP contribution in [0.5, 0.6) is 0 Å². The number of carbonyl (C=O) groups excluding carboxylic acids is 1. The minimum absolute atomic E-state index is 0.0469. The summed E-state index contributed by atoms with van der Waals surface area (Å²) in [6.07, 6.45) is 4.61. The molecule has 2 aromatic rings. The van der Waals surface area contributed by atoms with E-state index >= 15 is 0 Å². The monoisotopic (exact) mass is 353 g/mol. The van der Waals surface area contributed by atoms with Gasteiger partial charge in [-0.05, 0) is 45.4 Å². The van der Waals surface area contributed by atoms with Crippen LogP contribution in [0.2, 0.25) is 0 Å². The van der Waals surface area contributed by atoms with Gasteiger partial charge >= 0.3 is 0 Å². The lowest BCUT2D eigenvalue weighted by molar-refractivity contribution is -0.126. The lowest BCUT2D eigenvalue weighted by Crippen LogP contribution is -2.34. The van der Waals surface area contributed by atoms with Gasteiger partial charge in [-0.1, -0.05) is 18.2 Å². The topological polar surface area (TPSA) is 47.4 Å². The van der Waals surface area contributed by atoms with Gasteiger partial charge in [0, 0.05) is 42.9 Å². The fraction of sp³-hybridized carbons (Fsp3) is 0.429. The zero-order chi connectivity index (χ0) is 18.5. The second-order valence-corrected chi connectivity index (χ2v) is 6.77. The van der Waals surface area contributed by atoms with Crippen LogP contribution in [-0.2, 0) is 9.53 Å². The van der Waals surface area contributed by atoms with Crippen molar-refractivity contribution in [3.63, 3.8) is 0 Å². The van der Waals surface area contributed by atoms with Gasteiger partial charge in [0.05, 0.1) is 18.0 Å². The van der Waals surface area contributed by atoms with Crippen LogP contribution in [0.4, 0.5) is 0 Å². The molecule has 1 fully saturated rings. The molecule has 1 aliphatic heterocycles. The standard InChI is InChI=1S/C21H27N3O2/c1-4-23(14-18-12-13-26-15-18)21(25)11-10-20-16(2)22-24(17(20)3)19-8-6-5-7-9-19/h5-11,18H,4,12-15H2,1-3H3/b11-10-/t18-/m1/s1. The molecule has 3 rings (SSSR count). The summed E-state index contributed by atoms with van der Waals surface area (Å²) in [6.45, 7) is 9.07. The highest BCUT2D eigenvalue weighted by molar-refractivity contribution is 5.92. The van der Waals surface area contributed by atoms with Gasteiger partial charge in [0.2, 0.25) is 5.91 Å². The number of amides is 1. The fourth-order valence-electron chi connectivity index (χ4n) is 3.39. The predicted molar refractivity (Wildman–Crippen MR) is 103 cm³/mol. The van der Waals surface area contributed by atoms with Crippen molar-refractivity contribution >= 4 is 12.0 Å². The van der Waals surface area contributed by atoms with Crippen molar-refractivity contribution in [1.29, 1.82) is 0 Å². The highest BCUT2D eigenvalue weighted by Gasteiger charge is 2.20. The number of para-hydroxylation sites is 1.